The van der Waals surface area contributed by atoms with Gasteiger partial charge in [0, 0.05) is 0 Å². The van der Waals surface area contributed by atoms with E-state index in [1.165, 1.54) is 4.90 Å². The Kier molecular flexibility index (Phi) is 8.82. The Hall–Kier alpha value is -2.52. The molecule has 192 valence electrons. The summed E-state index contributed by atoms with van der Waals surface area (Å²) >= 11 is 0. The SMILES string of the molecule is CC(C)CNC1OC(C)(C)N(C(=O)O)C1(C)Cc1ccc(OCCNC(=O)OC(C)(C)C)cc1. The number of hydrogen-bond acceptors (Lipinski definition) is 6. The fourth-order valence-electron chi connectivity index (χ4n) is 4.18. The van der Waals surface area contributed by atoms with Gasteiger partial charge in [0.2, 0.25) is 0 Å². The minimum Gasteiger partial charge on any atom is -0.492 e. The fraction of sp³-hybridized carbons (Fsp3) is 0.680. The van der Waals surface area contributed by atoms with Crippen LogP contribution in [0.4, 0.5) is 9.59 Å². The number of ether oxygens (including phenoxy) is 3. The number of hydrogen-bond donors (Lipinski definition) is 3. The Balaban J connectivity index is 2.02. The molecule has 2 atom stereocenters. The number of nitrogens with zero attached hydrogens (tertiary/aromatic N) is 1. The van der Waals surface area contributed by atoms with Crippen LogP contribution >= 0.6 is 0 Å². The molecule has 9 heteroatoms. The molecule has 1 heterocycles. The number of carboxylic acid groups (broad SMARTS) is 1. The summed E-state index contributed by atoms with van der Waals surface area (Å²) in [6, 6.07) is 7.53. The summed E-state index contributed by atoms with van der Waals surface area (Å²) in [4.78, 5) is 25.3. The molecule has 2 unspecified atom stereocenters. The lowest BCUT2D eigenvalue weighted by Crippen LogP contribution is -2.59. The smallest absolute Gasteiger partial charge is 0.410 e. The third-order valence-corrected chi connectivity index (χ3v) is 5.45. The molecule has 0 bridgehead atoms. The maximum absolute atomic E-state index is 12.2. The summed E-state index contributed by atoms with van der Waals surface area (Å²) in [6.45, 7) is 16.4. The van der Waals surface area contributed by atoms with Gasteiger partial charge in [-0.2, -0.15) is 0 Å². The van der Waals surface area contributed by atoms with Crippen LogP contribution in [0, 0.1) is 5.92 Å². The van der Waals surface area contributed by atoms with Gasteiger partial charge in [-0.15, -0.1) is 0 Å². The van der Waals surface area contributed by atoms with E-state index in [4.69, 9.17) is 14.2 Å². The number of rotatable bonds is 9. The first-order valence-electron chi connectivity index (χ1n) is 11.8. The molecule has 0 aliphatic carbocycles. The molecule has 9 nitrogen and oxygen atoms in total. The Labute approximate surface area is 203 Å². The van der Waals surface area contributed by atoms with Crippen LogP contribution in [-0.4, -0.2) is 65.0 Å². The van der Waals surface area contributed by atoms with Crippen molar-refractivity contribution in [3.8, 4) is 5.75 Å². The van der Waals surface area contributed by atoms with E-state index in [2.05, 4.69) is 24.5 Å². The van der Waals surface area contributed by atoms with Crippen molar-refractivity contribution >= 4 is 12.2 Å². The molecule has 1 aliphatic rings. The Morgan fingerprint density at radius 2 is 1.79 bits per heavy atom. The highest BCUT2D eigenvalue weighted by molar-refractivity contribution is 5.68. The van der Waals surface area contributed by atoms with Gasteiger partial charge < -0.3 is 24.6 Å². The molecule has 3 N–H and O–H groups in total. The van der Waals surface area contributed by atoms with Gasteiger partial charge >= 0.3 is 12.2 Å². The van der Waals surface area contributed by atoms with Gasteiger partial charge in [0.25, 0.3) is 0 Å². The molecule has 0 saturated carbocycles. The number of nitrogens with one attached hydrogen (secondary N) is 2. The molecule has 2 amide bonds. The van der Waals surface area contributed by atoms with Crippen LogP contribution in [-0.2, 0) is 15.9 Å². The number of carbonyl (C=O) groups excluding carboxylic acids is 1. The molecule has 1 aromatic rings. The second kappa shape index (κ2) is 10.8. The number of benzene rings is 1. The van der Waals surface area contributed by atoms with Crippen molar-refractivity contribution in [1.82, 2.24) is 15.5 Å². The van der Waals surface area contributed by atoms with E-state index in [0.29, 0.717) is 37.8 Å². The second-order valence-electron chi connectivity index (χ2n) is 10.8. The topological polar surface area (TPSA) is 109 Å². The monoisotopic (exact) mass is 479 g/mol. The lowest BCUT2D eigenvalue weighted by atomic mass is 9.89. The maximum atomic E-state index is 12.2. The maximum Gasteiger partial charge on any atom is 0.410 e. The molecule has 1 fully saturated rings. The molecule has 1 aromatic carbocycles. The lowest BCUT2D eigenvalue weighted by Gasteiger charge is -2.39. The van der Waals surface area contributed by atoms with E-state index in [-0.39, 0.29) is 0 Å². The van der Waals surface area contributed by atoms with Gasteiger partial charge in [0.05, 0.1) is 12.1 Å². The molecule has 0 aromatic heterocycles. The van der Waals surface area contributed by atoms with Gasteiger partial charge in [-0.05, 0) is 78.1 Å². The zero-order valence-electron chi connectivity index (χ0n) is 21.7. The van der Waals surface area contributed by atoms with E-state index in [0.717, 1.165) is 5.56 Å². The van der Waals surface area contributed by atoms with Crippen LogP contribution in [0.1, 0.15) is 61.0 Å². The highest BCUT2D eigenvalue weighted by Gasteiger charge is 2.57. The zero-order valence-corrected chi connectivity index (χ0v) is 21.7. The van der Waals surface area contributed by atoms with E-state index in [1.54, 1.807) is 13.8 Å². The van der Waals surface area contributed by atoms with E-state index in [9.17, 15) is 14.7 Å². The third kappa shape index (κ3) is 7.50. The quantitative estimate of drug-likeness (QED) is 0.455. The lowest BCUT2D eigenvalue weighted by molar-refractivity contribution is -0.0745. The first kappa shape index (κ1) is 27.7. The molecule has 2 rings (SSSR count). The molecular weight excluding hydrogens is 438 g/mol. The highest BCUT2D eigenvalue weighted by atomic mass is 16.6. The summed E-state index contributed by atoms with van der Waals surface area (Å²) in [5, 5.41) is 16.0. The van der Waals surface area contributed by atoms with E-state index < -0.39 is 35.3 Å². The van der Waals surface area contributed by atoms with Crippen LogP contribution in [0.5, 0.6) is 5.75 Å². The molecule has 1 saturated heterocycles. The van der Waals surface area contributed by atoms with Gasteiger partial charge in [-0.25, -0.2) is 9.59 Å². The number of amides is 2. The normalized spacial score (nSPS) is 22.0. The Morgan fingerprint density at radius 1 is 1.18 bits per heavy atom. The molecule has 34 heavy (non-hydrogen) atoms. The van der Waals surface area contributed by atoms with Crippen molar-refractivity contribution in [1.29, 1.82) is 0 Å². The minimum atomic E-state index is -1.02. The summed E-state index contributed by atoms with van der Waals surface area (Å²) in [5.74, 6) is 1.06. The number of alkyl carbamates (subject to hydrolysis) is 1. The van der Waals surface area contributed by atoms with E-state index in [1.807, 2.05) is 52.0 Å². The third-order valence-electron chi connectivity index (χ3n) is 5.45. The van der Waals surface area contributed by atoms with Crippen LogP contribution < -0.4 is 15.4 Å². The summed E-state index contributed by atoms with van der Waals surface area (Å²) in [7, 11) is 0. The van der Waals surface area contributed by atoms with Crippen LogP contribution in [0.15, 0.2) is 24.3 Å². The van der Waals surface area contributed by atoms with Crippen molar-refractivity contribution in [3.05, 3.63) is 29.8 Å². The fourth-order valence-corrected chi connectivity index (χ4v) is 4.18. The average molecular weight is 480 g/mol. The van der Waals surface area contributed by atoms with Crippen LogP contribution in [0.2, 0.25) is 0 Å². The molecular formula is C25H41N3O6. The predicted molar refractivity (Wildman–Crippen MR) is 130 cm³/mol. The molecule has 0 spiro atoms. The zero-order chi connectivity index (χ0) is 25.7. The Morgan fingerprint density at radius 3 is 2.32 bits per heavy atom. The van der Waals surface area contributed by atoms with Gasteiger partial charge in [-0.3, -0.25) is 10.2 Å². The predicted octanol–water partition coefficient (Wildman–Crippen LogP) is 4.21. The summed E-state index contributed by atoms with van der Waals surface area (Å²) in [6.07, 6.45) is -1.47. The van der Waals surface area contributed by atoms with Crippen molar-refractivity contribution in [3.63, 3.8) is 0 Å². The first-order chi connectivity index (χ1) is 15.6. The van der Waals surface area contributed by atoms with E-state index >= 15 is 0 Å². The van der Waals surface area contributed by atoms with Crippen LogP contribution in [0.25, 0.3) is 0 Å². The standard InChI is InChI=1S/C25H41N3O6/c1-17(2)16-27-20-25(8,28(22(30)31)24(6,7)33-20)15-18-9-11-19(12-10-18)32-14-13-26-21(29)34-23(3,4)5/h9-12,17,20,27H,13-16H2,1-8H3,(H,26,29)(H,30,31). The average Bonchev–Trinajstić information content (AvgIpc) is 2.88. The summed E-state index contributed by atoms with van der Waals surface area (Å²) < 4.78 is 17.1. The van der Waals surface area contributed by atoms with Crippen molar-refractivity contribution in [2.75, 3.05) is 19.7 Å². The van der Waals surface area contributed by atoms with Gasteiger partial charge in [-0.1, -0.05) is 26.0 Å². The van der Waals surface area contributed by atoms with Crippen molar-refractivity contribution in [2.45, 2.75) is 84.9 Å². The van der Waals surface area contributed by atoms with Crippen molar-refractivity contribution in [2.24, 2.45) is 5.92 Å². The summed E-state index contributed by atoms with van der Waals surface area (Å²) in [5.41, 5.74) is -1.34. The largest absolute Gasteiger partial charge is 0.492 e. The van der Waals surface area contributed by atoms with Crippen LogP contribution in [0.3, 0.4) is 0 Å². The first-order valence-corrected chi connectivity index (χ1v) is 11.8. The molecule has 0 radical (unpaired) electrons. The van der Waals surface area contributed by atoms with Gasteiger partial charge in [0.15, 0.2) is 0 Å². The highest BCUT2D eigenvalue weighted by Crippen LogP contribution is 2.41. The molecule has 1 aliphatic heterocycles. The van der Waals surface area contributed by atoms with Crippen molar-refractivity contribution < 1.29 is 28.9 Å². The second-order valence-corrected chi connectivity index (χ2v) is 10.8. The van der Waals surface area contributed by atoms with Gasteiger partial charge in [0.1, 0.15) is 29.9 Å². The number of carbonyl (C=O) groups is 2. The minimum absolute atomic E-state index is 0.298. The Bertz CT molecular complexity index is 834.